The maximum Gasteiger partial charge on any atom is 0.253 e. The molecule has 1 unspecified atom stereocenters. The van der Waals surface area contributed by atoms with E-state index in [1.165, 1.54) is 0 Å². The molecular weight excluding hydrogens is 288 g/mol. The number of hydrogen-bond acceptors (Lipinski definition) is 4. The maximum atomic E-state index is 12.6. The van der Waals surface area contributed by atoms with Gasteiger partial charge in [0.05, 0.1) is 0 Å². The number of carbonyl (C=O) groups is 1. The Kier molecular flexibility index (Phi) is 4.30. The van der Waals surface area contributed by atoms with Crippen molar-refractivity contribution in [2.24, 2.45) is 0 Å². The third kappa shape index (κ3) is 3.35. The minimum atomic E-state index is 0.108. The molecule has 1 saturated heterocycles. The first-order chi connectivity index (χ1) is 11.0. The second-order valence-electron chi connectivity index (χ2n) is 6.21. The number of nitrogens with two attached hydrogens (primary N) is 1. The molecule has 1 aliphatic rings. The number of hydrogen-bond donors (Lipinski definition) is 1. The number of nitrogens with zero attached hydrogens (tertiary/aromatic N) is 3. The Morgan fingerprint density at radius 2 is 1.87 bits per heavy atom. The van der Waals surface area contributed by atoms with E-state index in [9.17, 15) is 4.79 Å². The van der Waals surface area contributed by atoms with Gasteiger partial charge in [-0.15, -0.1) is 0 Å². The predicted octanol–water partition coefficient (Wildman–Crippen LogP) is 2.11. The molecule has 3 rings (SSSR count). The number of nitrogen functional groups attached to an aromatic ring is 1. The summed E-state index contributed by atoms with van der Waals surface area (Å²) in [7, 11) is 4.13. The Hall–Kier alpha value is -2.40. The number of carbonyl (C=O) groups excluding carboxylic acids is 1. The van der Waals surface area contributed by atoms with Crippen LogP contribution in [0.1, 0.15) is 16.8 Å². The lowest BCUT2D eigenvalue weighted by Gasteiger charge is -2.20. The zero-order valence-corrected chi connectivity index (χ0v) is 13.6. The fraction of sp³-hybridized carbons (Fsp3) is 0.333. The predicted molar refractivity (Wildman–Crippen MR) is 92.1 cm³/mol. The third-order valence-electron chi connectivity index (χ3n) is 4.43. The smallest absolute Gasteiger partial charge is 0.253 e. The van der Waals surface area contributed by atoms with E-state index < -0.39 is 0 Å². The first kappa shape index (κ1) is 15.5. The number of aromatic nitrogens is 1. The largest absolute Gasteiger partial charge is 0.384 e. The average Bonchev–Trinajstić information content (AvgIpc) is 3.05. The molecule has 5 nitrogen and oxygen atoms in total. The van der Waals surface area contributed by atoms with Gasteiger partial charge in [-0.1, -0.05) is 12.1 Å². The monoisotopic (exact) mass is 310 g/mol. The van der Waals surface area contributed by atoms with Crippen molar-refractivity contribution >= 4 is 11.7 Å². The standard InChI is InChI=1S/C18H22N4O/c1-21(2)16-9-10-22(12-16)18(23)14-5-3-13(4-6-14)15-7-8-17(19)20-11-15/h3-8,11,16H,9-10,12H2,1-2H3,(H2,19,20). The van der Waals surface area contributed by atoms with Gasteiger partial charge in [0.15, 0.2) is 0 Å². The second kappa shape index (κ2) is 6.38. The normalized spacial score (nSPS) is 17.7. The van der Waals surface area contributed by atoms with E-state index in [1.807, 2.05) is 35.2 Å². The van der Waals surface area contributed by atoms with Crippen molar-refractivity contribution in [2.75, 3.05) is 32.9 Å². The van der Waals surface area contributed by atoms with E-state index >= 15 is 0 Å². The summed E-state index contributed by atoms with van der Waals surface area (Å²) >= 11 is 0. The molecule has 2 heterocycles. The number of benzene rings is 1. The Morgan fingerprint density at radius 1 is 1.17 bits per heavy atom. The summed E-state index contributed by atoms with van der Waals surface area (Å²) in [6.45, 7) is 1.63. The molecule has 1 amide bonds. The van der Waals surface area contributed by atoms with Gasteiger partial charge in [0.2, 0.25) is 0 Å². The zero-order chi connectivity index (χ0) is 16.4. The summed E-state index contributed by atoms with van der Waals surface area (Å²) in [6, 6.07) is 11.9. The average molecular weight is 310 g/mol. The van der Waals surface area contributed by atoms with Crippen LogP contribution in [0.15, 0.2) is 42.6 Å². The summed E-state index contributed by atoms with van der Waals surface area (Å²) in [5.41, 5.74) is 8.36. The van der Waals surface area contributed by atoms with Gasteiger partial charge in [-0.3, -0.25) is 4.79 Å². The molecule has 1 fully saturated rings. The highest BCUT2D eigenvalue weighted by atomic mass is 16.2. The van der Waals surface area contributed by atoms with Gasteiger partial charge in [-0.05, 0) is 50.3 Å². The van der Waals surface area contributed by atoms with Gasteiger partial charge in [-0.25, -0.2) is 4.98 Å². The molecule has 2 N–H and O–H groups in total. The van der Waals surface area contributed by atoms with Crippen molar-refractivity contribution in [3.63, 3.8) is 0 Å². The number of anilines is 1. The van der Waals surface area contributed by atoms with Crippen molar-refractivity contribution in [1.82, 2.24) is 14.8 Å². The van der Waals surface area contributed by atoms with Gasteiger partial charge >= 0.3 is 0 Å². The van der Waals surface area contributed by atoms with Crippen LogP contribution >= 0.6 is 0 Å². The van der Waals surface area contributed by atoms with Gasteiger partial charge in [0.25, 0.3) is 5.91 Å². The zero-order valence-electron chi connectivity index (χ0n) is 13.6. The summed E-state index contributed by atoms with van der Waals surface area (Å²) in [4.78, 5) is 20.8. The van der Waals surface area contributed by atoms with E-state index in [0.717, 1.165) is 36.2 Å². The fourth-order valence-electron chi connectivity index (χ4n) is 2.91. The molecule has 1 atom stereocenters. The van der Waals surface area contributed by atoms with Crippen LogP contribution < -0.4 is 5.73 Å². The highest BCUT2D eigenvalue weighted by Crippen LogP contribution is 2.21. The van der Waals surface area contributed by atoms with Gasteiger partial charge in [0.1, 0.15) is 5.82 Å². The molecule has 0 spiro atoms. The molecule has 1 aromatic heterocycles. The Bertz CT molecular complexity index is 679. The molecule has 2 aromatic rings. The topological polar surface area (TPSA) is 62.5 Å². The molecule has 0 aliphatic carbocycles. The van der Waals surface area contributed by atoms with Crippen LogP contribution in [0.3, 0.4) is 0 Å². The van der Waals surface area contributed by atoms with Crippen molar-refractivity contribution in [2.45, 2.75) is 12.5 Å². The van der Waals surface area contributed by atoms with E-state index in [2.05, 4.69) is 24.0 Å². The fourth-order valence-corrected chi connectivity index (χ4v) is 2.91. The lowest BCUT2D eigenvalue weighted by atomic mass is 10.1. The Labute approximate surface area is 136 Å². The molecule has 0 radical (unpaired) electrons. The van der Waals surface area contributed by atoms with Crippen LogP contribution in [0.4, 0.5) is 5.82 Å². The molecule has 120 valence electrons. The summed E-state index contributed by atoms with van der Waals surface area (Å²) in [6.07, 6.45) is 2.78. The highest BCUT2D eigenvalue weighted by Gasteiger charge is 2.27. The minimum Gasteiger partial charge on any atom is -0.384 e. The van der Waals surface area contributed by atoms with Crippen molar-refractivity contribution in [3.8, 4) is 11.1 Å². The Balaban J connectivity index is 1.72. The third-order valence-corrected chi connectivity index (χ3v) is 4.43. The van der Waals surface area contributed by atoms with Crippen molar-refractivity contribution in [3.05, 3.63) is 48.2 Å². The van der Waals surface area contributed by atoms with Gasteiger partial charge in [0, 0.05) is 36.5 Å². The number of rotatable bonds is 3. The van der Waals surface area contributed by atoms with Crippen LogP contribution in [-0.2, 0) is 0 Å². The SMILES string of the molecule is CN(C)C1CCN(C(=O)c2ccc(-c3ccc(N)nc3)cc2)C1. The molecule has 1 aromatic carbocycles. The lowest BCUT2D eigenvalue weighted by molar-refractivity contribution is 0.0783. The van der Waals surface area contributed by atoms with E-state index in [0.29, 0.717) is 11.9 Å². The van der Waals surface area contributed by atoms with Crippen LogP contribution in [0.2, 0.25) is 0 Å². The van der Waals surface area contributed by atoms with Gasteiger partial charge < -0.3 is 15.5 Å². The van der Waals surface area contributed by atoms with Gasteiger partial charge in [-0.2, -0.15) is 0 Å². The van der Waals surface area contributed by atoms with E-state index in [4.69, 9.17) is 5.73 Å². The number of amides is 1. The summed E-state index contributed by atoms with van der Waals surface area (Å²) in [5.74, 6) is 0.612. The van der Waals surface area contributed by atoms with Crippen LogP contribution in [0.5, 0.6) is 0 Å². The van der Waals surface area contributed by atoms with Crippen LogP contribution in [-0.4, -0.2) is 53.9 Å². The lowest BCUT2D eigenvalue weighted by Crippen LogP contribution is -2.34. The maximum absolute atomic E-state index is 12.6. The number of pyridine rings is 1. The van der Waals surface area contributed by atoms with E-state index in [1.54, 1.807) is 12.3 Å². The quantitative estimate of drug-likeness (QED) is 0.943. The first-order valence-electron chi connectivity index (χ1n) is 7.82. The summed E-state index contributed by atoms with van der Waals surface area (Å²) in [5, 5.41) is 0. The van der Waals surface area contributed by atoms with Crippen LogP contribution in [0, 0.1) is 0 Å². The number of likely N-dealkylation sites (tertiary alicyclic amines) is 1. The van der Waals surface area contributed by atoms with E-state index in [-0.39, 0.29) is 5.91 Å². The molecular formula is C18H22N4O. The first-order valence-corrected chi connectivity index (χ1v) is 7.82. The van der Waals surface area contributed by atoms with Crippen LogP contribution in [0.25, 0.3) is 11.1 Å². The molecule has 0 bridgehead atoms. The number of likely N-dealkylation sites (N-methyl/N-ethyl adjacent to an activating group) is 1. The summed E-state index contributed by atoms with van der Waals surface area (Å²) < 4.78 is 0. The molecule has 23 heavy (non-hydrogen) atoms. The Morgan fingerprint density at radius 3 is 2.43 bits per heavy atom. The van der Waals surface area contributed by atoms with Crippen molar-refractivity contribution < 1.29 is 4.79 Å². The second-order valence-corrected chi connectivity index (χ2v) is 6.21. The molecule has 5 heteroatoms. The van der Waals surface area contributed by atoms with Crippen molar-refractivity contribution in [1.29, 1.82) is 0 Å². The highest BCUT2D eigenvalue weighted by molar-refractivity contribution is 5.95. The minimum absolute atomic E-state index is 0.108. The molecule has 1 aliphatic heterocycles. The molecule has 0 saturated carbocycles.